The van der Waals surface area contributed by atoms with Crippen LogP contribution in [0.3, 0.4) is 0 Å². The summed E-state index contributed by atoms with van der Waals surface area (Å²) < 4.78 is 38.1. The summed E-state index contributed by atoms with van der Waals surface area (Å²) in [6, 6.07) is 4.58. The first kappa shape index (κ1) is 14.6. The molecular weight excluding hydrogens is 339 g/mol. The molecule has 8 heteroatoms. The number of hydrogen-bond donors (Lipinski definition) is 2. The molecule has 2 N–H and O–H groups in total. The van der Waals surface area contributed by atoms with Crippen LogP contribution in [0, 0.1) is 0 Å². The molecule has 0 bridgehead atoms. The number of rotatable bonds is 3. The molecule has 0 aliphatic carbocycles. The number of nitrogens with zero attached hydrogens (tertiary/aromatic N) is 1. The molecule has 1 aromatic heterocycles. The van der Waals surface area contributed by atoms with Crippen LogP contribution in [0.25, 0.3) is 0 Å². The molecule has 2 rings (SSSR count). The van der Waals surface area contributed by atoms with Gasteiger partial charge in [0.2, 0.25) is 0 Å². The number of carbonyl (C=O) groups excluding carboxylic acids is 1. The number of benzene rings is 1. The Morgan fingerprint density at radius 3 is 2.70 bits per heavy atom. The molecule has 0 saturated heterocycles. The number of aromatic amines is 1. The number of halogens is 4. The first-order valence-corrected chi connectivity index (χ1v) is 6.30. The van der Waals surface area contributed by atoms with Crippen LogP contribution in [0.2, 0.25) is 0 Å². The zero-order valence-corrected chi connectivity index (χ0v) is 11.5. The molecule has 4 nitrogen and oxygen atoms in total. The molecule has 1 heterocycles. The van der Waals surface area contributed by atoms with E-state index < -0.39 is 17.6 Å². The van der Waals surface area contributed by atoms with Gasteiger partial charge in [0, 0.05) is 10.7 Å². The minimum Gasteiger partial charge on any atom is -0.346 e. The molecule has 0 spiro atoms. The van der Waals surface area contributed by atoms with E-state index in [0.29, 0.717) is 10.2 Å². The van der Waals surface area contributed by atoms with Crippen molar-refractivity contribution in [1.29, 1.82) is 0 Å². The Kier molecular flexibility index (Phi) is 4.12. The van der Waals surface area contributed by atoms with Crippen LogP contribution < -0.4 is 5.32 Å². The van der Waals surface area contributed by atoms with E-state index in [-0.39, 0.29) is 12.1 Å². The standard InChI is InChI=1S/C12H9BrF3N3O/c13-10-2-1-7(12(14,15)16)5-9(10)11(20)17-6-8-3-4-18-19-8/h1-5H,6H2,(H,17,20)(H,18,19). The minimum atomic E-state index is -4.49. The van der Waals surface area contributed by atoms with Crippen LogP contribution in [-0.2, 0) is 12.7 Å². The Morgan fingerprint density at radius 2 is 2.10 bits per heavy atom. The number of nitrogens with one attached hydrogen (secondary N) is 2. The fraction of sp³-hybridized carbons (Fsp3) is 0.167. The molecule has 0 fully saturated rings. The lowest BCUT2D eigenvalue weighted by molar-refractivity contribution is -0.137. The zero-order valence-electron chi connectivity index (χ0n) is 9.96. The molecule has 1 amide bonds. The second-order valence-electron chi connectivity index (χ2n) is 3.96. The second-order valence-corrected chi connectivity index (χ2v) is 4.81. The van der Waals surface area contributed by atoms with Gasteiger partial charge >= 0.3 is 6.18 Å². The maximum atomic E-state index is 12.6. The lowest BCUT2D eigenvalue weighted by Crippen LogP contribution is -2.24. The van der Waals surface area contributed by atoms with Crippen LogP contribution in [-0.4, -0.2) is 16.1 Å². The lowest BCUT2D eigenvalue weighted by atomic mass is 10.1. The van der Waals surface area contributed by atoms with E-state index in [2.05, 4.69) is 31.4 Å². The topological polar surface area (TPSA) is 57.8 Å². The number of amides is 1. The van der Waals surface area contributed by atoms with Gasteiger partial charge < -0.3 is 5.32 Å². The summed E-state index contributed by atoms with van der Waals surface area (Å²) in [5.41, 5.74) is -0.284. The summed E-state index contributed by atoms with van der Waals surface area (Å²) in [6.07, 6.45) is -2.97. The fourth-order valence-electron chi connectivity index (χ4n) is 1.53. The Hall–Kier alpha value is -1.83. The maximum Gasteiger partial charge on any atom is 0.416 e. The lowest BCUT2D eigenvalue weighted by Gasteiger charge is -2.10. The normalized spacial score (nSPS) is 11.4. The number of aromatic nitrogens is 2. The molecule has 0 aliphatic rings. The van der Waals surface area contributed by atoms with Crippen molar-refractivity contribution in [2.24, 2.45) is 0 Å². The molecule has 0 saturated carbocycles. The summed E-state index contributed by atoms with van der Waals surface area (Å²) >= 11 is 3.07. The summed E-state index contributed by atoms with van der Waals surface area (Å²) in [7, 11) is 0. The van der Waals surface area contributed by atoms with Crippen molar-refractivity contribution in [2.45, 2.75) is 12.7 Å². The minimum absolute atomic E-state index is 0.0701. The largest absolute Gasteiger partial charge is 0.416 e. The predicted octanol–water partition coefficient (Wildman–Crippen LogP) is 3.12. The van der Waals surface area contributed by atoms with Gasteiger partial charge in [0.1, 0.15) is 0 Å². The molecular formula is C12H9BrF3N3O. The maximum absolute atomic E-state index is 12.6. The summed E-state index contributed by atoms with van der Waals surface area (Å²) in [5, 5.41) is 8.85. The van der Waals surface area contributed by atoms with Gasteiger partial charge in [-0.05, 0) is 40.2 Å². The molecule has 1 aromatic carbocycles. The first-order valence-electron chi connectivity index (χ1n) is 5.51. The molecule has 2 aromatic rings. The Bertz CT molecular complexity index is 611. The van der Waals surface area contributed by atoms with E-state index in [9.17, 15) is 18.0 Å². The first-order chi connectivity index (χ1) is 9.38. The zero-order chi connectivity index (χ0) is 14.8. The van der Waals surface area contributed by atoms with Gasteiger partial charge in [-0.3, -0.25) is 9.89 Å². The highest BCUT2D eigenvalue weighted by atomic mass is 79.9. The van der Waals surface area contributed by atoms with Crippen LogP contribution in [0.1, 0.15) is 21.6 Å². The van der Waals surface area contributed by atoms with E-state index in [0.717, 1.165) is 12.1 Å². The molecule has 0 atom stereocenters. The van der Waals surface area contributed by atoms with Gasteiger partial charge in [-0.25, -0.2) is 0 Å². The van der Waals surface area contributed by atoms with Crippen LogP contribution in [0.4, 0.5) is 13.2 Å². The van der Waals surface area contributed by atoms with Crippen molar-refractivity contribution >= 4 is 21.8 Å². The van der Waals surface area contributed by atoms with Crippen molar-refractivity contribution in [3.05, 3.63) is 51.8 Å². The van der Waals surface area contributed by atoms with Crippen molar-refractivity contribution in [1.82, 2.24) is 15.5 Å². The van der Waals surface area contributed by atoms with Gasteiger partial charge in [-0.15, -0.1) is 0 Å². The van der Waals surface area contributed by atoms with Crippen molar-refractivity contribution in [2.75, 3.05) is 0 Å². The third kappa shape index (κ3) is 3.38. The van der Waals surface area contributed by atoms with Crippen LogP contribution >= 0.6 is 15.9 Å². The number of alkyl halides is 3. The predicted molar refractivity (Wildman–Crippen MR) is 68.9 cm³/mol. The van der Waals surface area contributed by atoms with E-state index in [1.54, 1.807) is 6.07 Å². The Balaban J connectivity index is 2.16. The van der Waals surface area contributed by atoms with E-state index in [1.807, 2.05) is 0 Å². The van der Waals surface area contributed by atoms with Crippen LogP contribution in [0.5, 0.6) is 0 Å². The van der Waals surface area contributed by atoms with E-state index >= 15 is 0 Å². The van der Waals surface area contributed by atoms with Gasteiger partial charge in [0.15, 0.2) is 0 Å². The highest BCUT2D eigenvalue weighted by Crippen LogP contribution is 2.31. The Labute approximate surface area is 120 Å². The summed E-state index contributed by atoms with van der Waals surface area (Å²) in [4.78, 5) is 11.9. The monoisotopic (exact) mass is 347 g/mol. The Morgan fingerprint density at radius 1 is 1.35 bits per heavy atom. The smallest absolute Gasteiger partial charge is 0.346 e. The van der Waals surface area contributed by atoms with Gasteiger partial charge in [-0.1, -0.05) is 0 Å². The number of H-pyrrole nitrogens is 1. The van der Waals surface area contributed by atoms with Crippen molar-refractivity contribution in [3.63, 3.8) is 0 Å². The molecule has 0 radical (unpaired) electrons. The van der Waals surface area contributed by atoms with Gasteiger partial charge in [0.25, 0.3) is 5.91 Å². The highest BCUT2D eigenvalue weighted by Gasteiger charge is 2.31. The molecule has 20 heavy (non-hydrogen) atoms. The molecule has 0 aliphatic heterocycles. The summed E-state index contributed by atoms with van der Waals surface area (Å²) in [6.45, 7) is 0.154. The third-order valence-corrected chi connectivity index (χ3v) is 3.23. The van der Waals surface area contributed by atoms with Crippen molar-refractivity contribution < 1.29 is 18.0 Å². The highest BCUT2D eigenvalue weighted by molar-refractivity contribution is 9.10. The van der Waals surface area contributed by atoms with E-state index in [1.165, 1.54) is 12.3 Å². The fourth-order valence-corrected chi connectivity index (χ4v) is 1.96. The molecule has 0 unspecified atom stereocenters. The van der Waals surface area contributed by atoms with Gasteiger partial charge in [-0.2, -0.15) is 18.3 Å². The SMILES string of the molecule is O=C(NCc1ccn[nH]1)c1cc(C(F)(F)F)ccc1Br. The van der Waals surface area contributed by atoms with E-state index in [4.69, 9.17) is 0 Å². The molecule has 106 valence electrons. The van der Waals surface area contributed by atoms with Crippen molar-refractivity contribution in [3.8, 4) is 0 Å². The average Bonchev–Trinajstić information content (AvgIpc) is 2.88. The quantitative estimate of drug-likeness (QED) is 0.896. The average molecular weight is 348 g/mol. The number of carbonyl (C=O) groups is 1. The van der Waals surface area contributed by atoms with Crippen LogP contribution in [0.15, 0.2) is 34.9 Å². The number of hydrogen-bond acceptors (Lipinski definition) is 2. The van der Waals surface area contributed by atoms with Gasteiger partial charge in [0.05, 0.1) is 23.4 Å². The second kappa shape index (κ2) is 5.66. The third-order valence-electron chi connectivity index (χ3n) is 2.54. The summed E-state index contributed by atoms with van der Waals surface area (Å²) in [5.74, 6) is -0.599.